The molecule has 24 atom stereocenters. The normalized spacial score (nSPS) is 30.3. The van der Waals surface area contributed by atoms with Gasteiger partial charge in [-0.25, -0.2) is 17.6 Å². The van der Waals surface area contributed by atoms with E-state index in [9.17, 15) is 99.3 Å². The predicted molar refractivity (Wildman–Crippen MR) is 440 cm³/mol. The fourth-order valence-corrected chi connectivity index (χ4v) is 15.2. The standard InChI is InChI=1S/4C23H27FO8/c24-15-4-3-14(9-13-1-5-16(6-2-13)30-17-7-8-29-12-17)18(10-15)31-23-22(28)21(27)20(26)19(11-25)32-23;24-15-3-6-18(31-23-22(28)21(27)20(26)19(11-25)32-23)14(10-15)9-13-1-4-16(5-2-13)30-17-7-8-29-12-17;24-17-10-15(30-16-7-8-29-12-16)6-5-13(17)9-14-3-1-2-4-18(14)31-23-22(28)21(27)20(26)19(11-25)32-23;24-16-10-13(5-6-18(16)30-15-7-8-29-12-15)9-14-3-1-2-4-17(14)31-23-22(28)21(27)20(26)19(11-25)32-23/h2*1-6,10,17,19-23,25-28H,7-9,11-12H2;1-6,10,16,19-23,25-28H,7-9,11-12H2;1-6,10,15,19-23,25-28H,7-9,11-12H2/t2*17-,19-,20-,21+,22-,23-;16-,19-,20-,21+,22-,23-;15-,19-,20-,21+,22-,23-/m1111/s1. The van der Waals surface area contributed by atoms with Crippen molar-refractivity contribution in [2.24, 2.45) is 0 Å². The Morgan fingerprint density at radius 1 is 0.258 bits per heavy atom. The van der Waals surface area contributed by atoms with Crippen LogP contribution in [0.2, 0.25) is 0 Å². The largest absolute Gasteiger partial charge is 0.488 e. The van der Waals surface area contributed by atoms with Crippen LogP contribution in [0.25, 0.3) is 0 Å². The van der Waals surface area contributed by atoms with E-state index in [1.54, 1.807) is 78.9 Å². The highest BCUT2D eigenvalue weighted by molar-refractivity contribution is 5.44. The molecule has 32 nitrogen and oxygen atoms in total. The average Bonchev–Trinajstić information content (AvgIpc) is 0.901. The molecule has 0 saturated carbocycles. The Morgan fingerprint density at radius 2 is 0.586 bits per heavy atom. The van der Waals surface area contributed by atoms with Gasteiger partial charge in [-0.1, -0.05) is 78.9 Å². The molecule has 0 radical (unpaired) electrons. The third-order valence-electron chi connectivity index (χ3n) is 22.5. The van der Waals surface area contributed by atoms with Gasteiger partial charge in [0, 0.05) is 69.1 Å². The Labute approximate surface area is 733 Å². The van der Waals surface area contributed by atoms with Gasteiger partial charge in [0.05, 0.1) is 79.3 Å². The number of hydrogen-bond donors (Lipinski definition) is 16. The van der Waals surface area contributed by atoms with Gasteiger partial charge in [0.2, 0.25) is 25.2 Å². The van der Waals surface area contributed by atoms with Crippen molar-refractivity contribution < 1.29 is 175 Å². The van der Waals surface area contributed by atoms with Crippen LogP contribution < -0.4 is 37.9 Å². The lowest BCUT2D eigenvalue weighted by Crippen LogP contribution is -2.60. The fourth-order valence-electron chi connectivity index (χ4n) is 15.2. The zero-order chi connectivity index (χ0) is 90.7. The summed E-state index contributed by atoms with van der Waals surface area (Å²) < 4.78 is 146. The van der Waals surface area contributed by atoms with Crippen LogP contribution in [0.5, 0.6) is 46.0 Å². The molecule has 696 valence electrons. The molecule has 36 heteroatoms. The lowest BCUT2D eigenvalue weighted by molar-refractivity contribution is -0.277. The third-order valence-corrected chi connectivity index (χ3v) is 22.5. The lowest BCUT2D eigenvalue weighted by Gasteiger charge is -2.39. The van der Waals surface area contributed by atoms with E-state index in [0.717, 1.165) is 54.4 Å². The molecular weight excluding hydrogens is 1690 g/mol. The number of rotatable bonds is 28. The monoisotopic (exact) mass is 1800 g/mol. The Morgan fingerprint density at radius 3 is 0.992 bits per heavy atom. The van der Waals surface area contributed by atoms with Crippen molar-refractivity contribution in [3.63, 3.8) is 0 Å². The van der Waals surface area contributed by atoms with Crippen LogP contribution >= 0.6 is 0 Å². The molecule has 0 amide bonds. The number of halogens is 4. The van der Waals surface area contributed by atoms with Gasteiger partial charge in [0.25, 0.3) is 0 Å². The van der Waals surface area contributed by atoms with E-state index in [4.69, 9.17) is 75.8 Å². The smallest absolute Gasteiger partial charge is 0.229 e. The second kappa shape index (κ2) is 46.1. The highest BCUT2D eigenvalue weighted by atomic mass is 19.1. The summed E-state index contributed by atoms with van der Waals surface area (Å²) >= 11 is 0. The third kappa shape index (κ3) is 25.4. The zero-order valence-corrected chi connectivity index (χ0v) is 69.4. The topological polar surface area (TPSA) is 471 Å². The maximum Gasteiger partial charge on any atom is 0.229 e. The summed E-state index contributed by atoms with van der Waals surface area (Å²) in [5.41, 5.74) is 5.35. The van der Waals surface area contributed by atoms with Gasteiger partial charge in [-0.05, 0) is 118 Å². The number of para-hydroxylation sites is 2. The number of hydrogen-bond acceptors (Lipinski definition) is 32. The summed E-state index contributed by atoms with van der Waals surface area (Å²) in [6, 6.07) is 46.1. The van der Waals surface area contributed by atoms with Crippen LogP contribution in [0, 0.1) is 23.3 Å². The Kier molecular flexibility index (Phi) is 34.8. The van der Waals surface area contributed by atoms with Crippen molar-refractivity contribution in [2.75, 3.05) is 79.3 Å². The zero-order valence-electron chi connectivity index (χ0n) is 69.4. The van der Waals surface area contributed by atoms with Crippen molar-refractivity contribution in [3.8, 4) is 46.0 Å². The molecule has 8 aliphatic heterocycles. The maximum absolute atomic E-state index is 14.7. The Balaban J connectivity index is 0.000000146. The summed E-state index contributed by atoms with van der Waals surface area (Å²) in [5.74, 6) is 1.23. The van der Waals surface area contributed by atoms with Gasteiger partial charge in [-0.2, -0.15) is 0 Å². The molecule has 8 aromatic carbocycles. The Hall–Kier alpha value is -9.08. The molecule has 0 spiro atoms. The van der Waals surface area contributed by atoms with E-state index < -0.39 is 173 Å². The molecule has 0 bridgehead atoms. The summed E-state index contributed by atoms with van der Waals surface area (Å²) in [7, 11) is 0. The second-order valence-corrected chi connectivity index (χ2v) is 31.9. The van der Waals surface area contributed by atoms with Gasteiger partial charge in [-0.3, -0.25) is 0 Å². The first-order chi connectivity index (χ1) is 61.8. The molecule has 8 heterocycles. The SMILES string of the molecule is OC[C@H]1O[C@@H](Oc2cc(F)ccc2Cc2ccc(O[C@@H]3CCOC3)cc2)[C@H](O)[C@@H](O)[C@@H]1O.OC[C@H]1O[C@@H](Oc2ccc(F)cc2Cc2ccc(O[C@@H]3CCOC3)cc2)[C@H](O)[C@@H](O)[C@@H]1O.OC[C@H]1O[C@@H](Oc2ccccc2Cc2ccc(O[C@@H]3CCOC3)c(F)c2)[C@H](O)[C@@H](O)[C@@H]1O.OC[C@H]1O[C@@H](Oc2ccccc2Cc2ccc(O[C@@H]3CCOC3)cc2F)[C@H](O)[C@@H](O)[C@@H]1O. The van der Waals surface area contributed by atoms with Gasteiger partial charge < -0.3 is 157 Å². The highest BCUT2D eigenvalue weighted by Gasteiger charge is 2.49. The Bertz CT molecular complexity index is 4750. The van der Waals surface area contributed by atoms with Crippen LogP contribution in [0.1, 0.15) is 70.2 Å². The predicted octanol–water partition coefficient (Wildman–Crippen LogP) is 3.05. The number of aliphatic hydroxyl groups excluding tert-OH is 16. The van der Waals surface area contributed by atoms with Crippen molar-refractivity contribution in [1.29, 1.82) is 0 Å². The van der Waals surface area contributed by atoms with Crippen molar-refractivity contribution in [3.05, 3.63) is 238 Å². The van der Waals surface area contributed by atoms with Crippen LogP contribution in [0.4, 0.5) is 17.6 Å². The van der Waals surface area contributed by atoms with E-state index in [0.29, 0.717) is 123 Å². The average molecular weight is 1800 g/mol. The molecular formula is C92H108F4O32. The molecule has 0 aromatic heterocycles. The molecule has 0 unspecified atom stereocenters. The van der Waals surface area contributed by atoms with Gasteiger partial charge in [0.15, 0.2) is 11.6 Å². The number of ether oxygens (including phenoxy) is 16. The summed E-state index contributed by atoms with van der Waals surface area (Å²) in [6.45, 7) is 2.47. The quantitative estimate of drug-likeness (QED) is 0.0313. The van der Waals surface area contributed by atoms with E-state index in [1.165, 1.54) is 36.4 Å². The maximum atomic E-state index is 14.7. The highest BCUT2D eigenvalue weighted by Crippen LogP contribution is 2.37. The van der Waals surface area contributed by atoms with E-state index in [2.05, 4.69) is 0 Å². The second-order valence-electron chi connectivity index (χ2n) is 31.9. The molecule has 0 aliphatic carbocycles. The minimum Gasteiger partial charge on any atom is -0.488 e. The summed E-state index contributed by atoms with van der Waals surface area (Å²) in [5, 5.41) is 158. The van der Waals surface area contributed by atoms with Crippen molar-refractivity contribution in [1.82, 2.24) is 0 Å². The van der Waals surface area contributed by atoms with Crippen LogP contribution in [-0.2, 0) is 63.6 Å². The van der Waals surface area contributed by atoms with E-state index in [-0.39, 0.29) is 48.1 Å². The summed E-state index contributed by atoms with van der Waals surface area (Å²) in [6.07, 6.45) is -23.7. The van der Waals surface area contributed by atoms with Crippen LogP contribution in [0.15, 0.2) is 170 Å². The van der Waals surface area contributed by atoms with E-state index >= 15 is 0 Å². The van der Waals surface area contributed by atoms with Crippen molar-refractivity contribution in [2.45, 2.75) is 199 Å². The van der Waals surface area contributed by atoms with E-state index in [1.807, 2.05) is 48.5 Å². The van der Waals surface area contributed by atoms with Crippen molar-refractivity contribution >= 4 is 0 Å². The minimum absolute atomic E-state index is 0.0441. The lowest BCUT2D eigenvalue weighted by atomic mass is 9.99. The number of aliphatic hydroxyl groups is 16. The molecule has 8 aliphatic rings. The first-order valence-corrected chi connectivity index (χ1v) is 42.1. The first kappa shape index (κ1) is 96.5. The van der Waals surface area contributed by atoms with Crippen LogP contribution in [0.3, 0.4) is 0 Å². The molecule has 128 heavy (non-hydrogen) atoms. The first-order valence-electron chi connectivity index (χ1n) is 42.1. The molecule has 8 aromatic rings. The summed E-state index contributed by atoms with van der Waals surface area (Å²) in [4.78, 5) is 0. The van der Waals surface area contributed by atoms with Crippen LogP contribution in [-0.4, -0.2) is 308 Å². The fraction of sp³-hybridized carbons (Fsp3) is 0.478. The van der Waals surface area contributed by atoms with Gasteiger partial charge in [0.1, 0.15) is 180 Å². The van der Waals surface area contributed by atoms with Gasteiger partial charge in [-0.15, -0.1) is 0 Å². The van der Waals surface area contributed by atoms with Gasteiger partial charge >= 0.3 is 0 Å². The minimum atomic E-state index is -1.58. The molecule has 8 saturated heterocycles. The number of benzene rings is 8. The molecule has 16 rings (SSSR count). The molecule has 16 N–H and O–H groups in total. The molecule has 8 fully saturated rings.